The number of pyridine rings is 1. The van der Waals surface area contributed by atoms with E-state index < -0.39 is 5.38 Å². The zero-order chi connectivity index (χ0) is 17.6. The van der Waals surface area contributed by atoms with Gasteiger partial charge >= 0.3 is 0 Å². The van der Waals surface area contributed by atoms with Crippen molar-refractivity contribution in [1.29, 1.82) is 0 Å². The Morgan fingerprint density at radius 3 is 2.48 bits per heavy atom. The second-order valence-electron chi connectivity index (χ2n) is 5.74. The maximum atomic E-state index is 12.3. The molecule has 1 N–H and O–H groups in total. The van der Waals surface area contributed by atoms with Gasteiger partial charge in [0.1, 0.15) is 11.4 Å². The Bertz CT molecular complexity index is 961. The van der Waals surface area contributed by atoms with Gasteiger partial charge in [-0.25, -0.2) is 5.01 Å². The van der Waals surface area contributed by atoms with Crippen molar-refractivity contribution in [3.05, 3.63) is 70.3 Å². The molecule has 2 unspecified atom stereocenters. The number of carbonyl (C=O) groups is 1. The van der Waals surface area contributed by atoms with Crippen LogP contribution in [0.15, 0.2) is 54.7 Å². The van der Waals surface area contributed by atoms with E-state index >= 15 is 0 Å². The predicted molar refractivity (Wildman–Crippen MR) is 101 cm³/mol. The molecule has 1 aromatic heterocycles. The van der Waals surface area contributed by atoms with E-state index in [1.165, 1.54) is 5.01 Å². The van der Waals surface area contributed by atoms with E-state index in [9.17, 15) is 4.79 Å². The van der Waals surface area contributed by atoms with Gasteiger partial charge in [0.25, 0.3) is 5.91 Å². The second-order valence-corrected chi connectivity index (χ2v) is 7.08. The first kappa shape index (κ1) is 16.5. The molecule has 1 aliphatic heterocycles. The molecule has 1 fully saturated rings. The third-order valence-corrected chi connectivity index (χ3v) is 5.10. The van der Waals surface area contributed by atoms with Crippen LogP contribution in [0, 0.1) is 0 Å². The lowest BCUT2D eigenvalue weighted by molar-refractivity contribution is -0.143. The van der Waals surface area contributed by atoms with E-state index in [4.69, 9.17) is 34.8 Å². The fourth-order valence-electron chi connectivity index (χ4n) is 2.90. The molecule has 2 aromatic carbocycles. The largest absolute Gasteiger partial charge is 0.295 e. The van der Waals surface area contributed by atoms with E-state index in [0.717, 1.165) is 22.2 Å². The topological polar surface area (TPSA) is 45.2 Å². The second kappa shape index (κ2) is 6.37. The van der Waals surface area contributed by atoms with Crippen molar-refractivity contribution >= 4 is 57.3 Å². The van der Waals surface area contributed by atoms with Gasteiger partial charge in [-0.3, -0.25) is 15.2 Å². The minimum Gasteiger partial charge on any atom is -0.295 e. The third-order valence-electron chi connectivity index (χ3n) is 4.19. The Hall–Kier alpha value is -2.01. The number of aromatic nitrogens is 1. The molecule has 7 heteroatoms. The van der Waals surface area contributed by atoms with Gasteiger partial charge in [-0.2, -0.15) is 0 Å². The first-order valence-corrected chi connectivity index (χ1v) is 8.77. The molecule has 25 heavy (non-hydrogen) atoms. The van der Waals surface area contributed by atoms with Crippen LogP contribution in [0.3, 0.4) is 0 Å². The SMILES string of the molecule is O=C1C(Cl)C(c2ccc(Cl)cc2)N1Nc1ccnc2cc(Cl)ccc12. The number of β-lactam (4-membered cyclic amide) rings is 1. The van der Waals surface area contributed by atoms with Crippen molar-refractivity contribution in [1.82, 2.24) is 9.99 Å². The number of hydrogen-bond acceptors (Lipinski definition) is 3. The highest BCUT2D eigenvalue weighted by Gasteiger charge is 2.47. The Morgan fingerprint density at radius 1 is 1.00 bits per heavy atom. The number of amides is 1. The quantitative estimate of drug-likeness (QED) is 0.500. The van der Waals surface area contributed by atoms with E-state index in [0.29, 0.717) is 10.0 Å². The van der Waals surface area contributed by atoms with Crippen molar-refractivity contribution in [2.75, 3.05) is 5.43 Å². The standard InChI is InChI=1S/C18H12Cl3N3O/c19-11-3-1-10(2-4-11)17-16(21)18(25)24(17)23-14-7-8-22-15-9-12(20)5-6-13(14)15/h1-9,16-17H,(H,22,23). The number of nitrogens with zero attached hydrogens (tertiary/aromatic N) is 2. The number of fused-ring (bicyclic) bond motifs is 1. The lowest BCUT2D eigenvalue weighted by Crippen LogP contribution is -2.58. The molecule has 0 radical (unpaired) electrons. The predicted octanol–water partition coefficient (Wildman–Crippen LogP) is 5.06. The fourth-order valence-corrected chi connectivity index (χ4v) is 3.56. The number of rotatable bonds is 3. The highest BCUT2D eigenvalue weighted by atomic mass is 35.5. The lowest BCUT2D eigenvalue weighted by atomic mass is 9.95. The molecular weight excluding hydrogens is 381 g/mol. The van der Waals surface area contributed by atoms with E-state index in [1.807, 2.05) is 24.3 Å². The highest BCUT2D eigenvalue weighted by Crippen LogP contribution is 2.39. The zero-order valence-corrected chi connectivity index (χ0v) is 15.1. The number of benzene rings is 2. The van der Waals surface area contributed by atoms with Crippen LogP contribution in [0.1, 0.15) is 11.6 Å². The van der Waals surface area contributed by atoms with Crippen LogP contribution in [0.4, 0.5) is 5.69 Å². The van der Waals surface area contributed by atoms with Crippen LogP contribution in [-0.2, 0) is 4.79 Å². The molecular formula is C18H12Cl3N3O. The van der Waals surface area contributed by atoms with E-state index in [1.54, 1.807) is 30.5 Å². The van der Waals surface area contributed by atoms with Crippen LogP contribution >= 0.6 is 34.8 Å². The summed E-state index contributed by atoms with van der Waals surface area (Å²) in [5.74, 6) is -0.180. The van der Waals surface area contributed by atoms with Gasteiger partial charge in [0.2, 0.25) is 0 Å². The molecule has 0 bridgehead atoms. The third kappa shape index (κ3) is 2.91. The first-order chi connectivity index (χ1) is 12.0. The summed E-state index contributed by atoms with van der Waals surface area (Å²) >= 11 is 18.2. The number of alkyl halides is 1. The molecule has 0 aliphatic carbocycles. The summed E-state index contributed by atoms with van der Waals surface area (Å²) in [5.41, 5.74) is 5.59. The summed E-state index contributed by atoms with van der Waals surface area (Å²) in [5, 5.41) is 3.03. The Balaban J connectivity index is 1.67. The van der Waals surface area contributed by atoms with Gasteiger partial charge in [-0.05, 0) is 42.0 Å². The number of halogens is 3. The molecule has 1 aliphatic rings. The fraction of sp³-hybridized carbons (Fsp3) is 0.111. The van der Waals surface area contributed by atoms with Gasteiger partial charge in [0, 0.05) is 21.6 Å². The minimum atomic E-state index is -0.615. The van der Waals surface area contributed by atoms with Crippen molar-refractivity contribution < 1.29 is 4.79 Å². The van der Waals surface area contributed by atoms with Gasteiger partial charge < -0.3 is 0 Å². The highest BCUT2D eigenvalue weighted by molar-refractivity contribution is 6.34. The van der Waals surface area contributed by atoms with E-state index in [2.05, 4.69) is 10.4 Å². The van der Waals surface area contributed by atoms with Crippen molar-refractivity contribution in [3.8, 4) is 0 Å². The number of nitrogens with one attached hydrogen (secondary N) is 1. The summed E-state index contributed by atoms with van der Waals surface area (Å²) in [7, 11) is 0. The molecule has 2 atom stereocenters. The van der Waals surface area contributed by atoms with Gasteiger partial charge in [-0.1, -0.05) is 35.3 Å². The zero-order valence-electron chi connectivity index (χ0n) is 12.8. The smallest absolute Gasteiger partial charge is 0.262 e. The molecule has 4 rings (SSSR count). The van der Waals surface area contributed by atoms with Crippen molar-refractivity contribution in [2.24, 2.45) is 0 Å². The number of hydrogen-bond donors (Lipinski definition) is 1. The van der Waals surface area contributed by atoms with Gasteiger partial charge in [0.15, 0.2) is 0 Å². The van der Waals surface area contributed by atoms with Crippen LogP contribution in [0.25, 0.3) is 10.9 Å². The van der Waals surface area contributed by atoms with Crippen LogP contribution in [0.5, 0.6) is 0 Å². The molecule has 1 amide bonds. The normalized spacial score (nSPS) is 19.8. The monoisotopic (exact) mass is 391 g/mol. The van der Waals surface area contributed by atoms with Crippen LogP contribution < -0.4 is 5.43 Å². The maximum absolute atomic E-state index is 12.3. The van der Waals surface area contributed by atoms with Crippen molar-refractivity contribution in [2.45, 2.75) is 11.4 Å². The lowest BCUT2D eigenvalue weighted by Gasteiger charge is -2.44. The number of carbonyl (C=O) groups excluding carboxylic acids is 1. The van der Waals surface area contributed by atoms with E-state index in [-0.39, 0.29) is 11.9 Å². The minimum absolute atomic E-state index is 0.180. The van der Waals surface area contributed by atoms with Gasteiger partial charge in [-0.15, -0.1) is 11.6 Å². The van der Waals surface area contributed by atoms with Crippen LogP contribution in [-0.4, -0.2) is 21.3 Å². The summed E-state index contributed by atoms with van der Waals surface area (Å²) in [4.78, 5) is 16.6. The Morgan fingerprint density at radius 2 is 1.72 bits per heavy atom. The Kier molecular flexibility index (Phi) is 4.20. The average Bonchev–Trinajstić information content (AvgIpc) is 2.62. The molecule has 0 saturated carbocycles. The summed E-state index contributed by atoms with van der Waals surface area (Å²) in [6.45, 7) is 0. The molecule has 1 saturated heterocycles. The summed E-state index contributed by atoms with van der Waals surface area (Å²) in [6.07, 6.45) is 1.67. The summed E-state index contributed by atoms with van der Waals surface area (Å²) in [6, 6.07) is 14.3. The molecule has 126 valence electrons. The van der Waals surface area contributed by atoms with Crippen molar-refractivity contribution in [3.63, 3.8) is 0 Å². The molecule has 2 heterocycles. The molecule has 4 nitrogen and oxygen atoms in total. The number of anilines is 1. The first-order valence-electron chi connectivity index (χ1n) is 7.58. The Labute approximate surface area is 159 Å². The van der Waals surface area contributed by atoms with Gasteiger partial charge in [0.05, 0.1) is 11.2 Å². The number of hydrazine groups is 1. The van der Waals surface area contributed by atoms with Crippen LogP contribution in [0.2, 0.25) is 10.0 Å². The average molecular weight is 393 g/mol. The summed E-state index contributed by atoms with van der Waals surface area (Å²) < 4.78 is 0. The maximum Gasteiger partial charge on any atom is 0.262 e. The molecule has 3 aromatic rings. The molecule has 0 spiro atoms.